The quantitative estimate of drug-likeness (QED) is 0.728. The first-order valence-electron chi connectivity index (χ1n) is 8.39. The highest BCUT2D eigenvalue weighted by molar-refractivity contribution is 7.14. The number of nitrogens with zero attached hydrogens (tertiary/aromatic N) is 2. The zero-order valence-electron chi connectivity index (χ0n) is 14.0. The zero-order valence-corrected chi connectivity index (χ0v) is 15.6. The van der Waals surface area contributed by atoms with Gasteiger partial charge in [-0.3, -0.25) is 9.59 Å². The van der Waals surface area contributed by atoms with Gasteiger partial charge < -0.3 is 10.2 Å². The number of carbonyl (C=O) groups excluding carboxylic acids is 2. The number of carbonyl (C=O) groups is 2. The third-order valence-corrected chi connectivity index (χ3v) is 5.86. The zero-order chi connectivity index (χ0) is 17.9. The van der Waals surface area contributed by atoms with Gasteiger partial charge in [0.1, 0.15) is 10.7 Å². The molecule has 0 aliphatic carbocycles. The SMILES string of the molecule is O=C(Nc1ccc(C(=O)N2CCCC2)cc1)c1csc(-c2ccsc2)n1. The second kappa shape index (κ2) is 7.39. The highest BCUT2D eigenvalue weighted by atomic mass is 32.1. The fraction of sp³-hybridized carbons (Fsp3) is 0.211. The molecule has 5 nitrogen and oxygen atoms in total. The Hall–Kier alpha value is -2.51. The number of benzene rings is 1. The van der Waals surface area contributed by atoms with Crippen LogP contribution in [0.4, 0.5) is 5.69 Å². The molecule has 1 aliphatic rings. The van der Waals surface area contributed by atoms with Gasteiger partial charge in [-0.1, -0.05) is 0 Å². The highest BCUT2D eigenvalue weighted by Gasteiger charge is 2.19. The van der Waals surface area contributed by atoms with Crippen LogP contribution in [0.15, 0.2) is 46.5 Å². The maximum atomic E-state index is 12.4. The predicted octanol–water partition coefficient (Wildman–Crippen LogP) is 4.36. The molecule has 7 heteroatoms. The summed E-state index contributed by atoms with van der Waals surface area (Å²) in [6.07, 6.45) is 2.14. The first kappa shape index (κ1) is 16.9. The van der Waals surface area contributed by atoms with Crippen LogP contribution in [0.25, 0.3) is 10.6 Å². The largest absolute Gasteiger partial charge is 0.339 e. The van der Waals surface area contributed by atoms with Crippen LogP contribution in [0.2, 0.25) is 0 Å². The lowest BCUT2D eigenvalue weighted by atomic mass is 10.2. The number of amides is 2. The number of thiazole rings is 1. The van der Waals surface area contributed by atoms with E-state index in [1.807, 2.05) is 21.7 Å². The van der Waals surface area contributed by atoms with Gasteiger partial charge in [0, 0.05) is 40.7 Å². The summed E-state index contributed by atoms with van der Waals surface area (Å²) >= 11 is 3.05. The van der Waals surface area contributed by atoms with E-state index in [-0.39, 0.29) is 11.8 Å². The molecule has 3 aromatic rings. The first-order chi connectivity index (χ1) is 12.7. The lowest BCUT2D eigenvalue weighted by Crippen LogP contribution is -2.27. The third-order valence-electron chi connectivity index (χ3n) is 4.29. The molecule has 1 fully saturated rings. The number of hydrogen-bond donors (Lipinski definition) is 1. The van der Waals surface area contributed by atoms with Crippen molar-refractivity contribution in [2.75, 3.05) is 18.4 Å². The predicted molar refractivity (Wildman–Crippen MR) is 105 cm³/mol. The van der Waals surface area contributed by atoms with Crippen molar-refractivity contribution in [3.05, 3.63) is 57.7 Å². The summed E-state index contributed by atoms with van der Waals surface area (Å²) in [4.78, 5) is 31.0. The normalized spacial score (nSPS) is 13.8. The van der Waals surface area contributed by atoms with Crippen molar-refractivity contribution in [1.82, 2.24) is 9.88 Å². The van der Waals surface area contributed by atoms with Crippen LogP contribution >= 0.6 is 22.7 Å². The maximum Gasteiger partial charge on any atom is 0.275 e. The van der Waals surface area contributed by atoms with Crippen molar-refractivity contribution in [2.24, 2.45) is 0 Å². The van der Waals surface area contributed by atoms with E-state index in [1.165, 1.54) is 11.3 Å². The Morgan fingerprint density at radius 1 is 1.04 bits per heavy atom. The molecule has 0 atom stereocenters. The van der Waals surface area contributed by atoms with E-state index in [9.17, 15) is 9.59 Å². The lowest BCUT2D eigenvalue weighted by molar-refractivity contribution is 0.0792. The summed E-state index contributed by atoms with van der Waals surface area (Å²) in [5, 5.41) is 9.43. The summed E-state index contributed by atoms with van der Waals surface area (Å²) in [5.74, 6) is -0.193. The summed E-state index contributed by atoms with van der Waals surface area (Å²) in [7, 11) is 0. The Morgan fingerprint density at radius 2 is 1.81 bits per heavy atom. The number of rotatable bonds is 4. The van der Waals surface area contributed by atoms with Crippen LogP contribution in [-0.2, 0) is 0 Å². The van der Waals surface area contributed by atoms with E-state index < -0.39 is 0 Å². The van der Waals surface area contributed by atoms with Crippen molar-refractivity contribution in [3.63, 3.8) is 0 Å². The number of aromatic nitrogens is 1. The Labute approximate surface area is 159 Å². The summed E-state index contributed by atoms with van der Waals surface area (Å²) < 4.78 is 0. The van der Waals surface area contributed by atoms with Gasteiger partial charge >= 0.3 is 0 Å². The van der Waals surface area contributed by atoms with Crippen molar-refractivity contribution < 1.29 is 9.59 Å². The molecule has 1 saturated heterocycles. The first-order valence-corrected chi connectivity index (χ1v) is 10.2. The molecule has 0 spiro atoms. The topological polar surface area (TPSA) is 62.3 Å². The van der Waals surface area contributed by atoms with Gasteiger partial charge in [-0.2, -0.15) is 11.3 Å². The molecule has 0 radical (unpaired) electrons. The Kier molecular flexibility index (Phi) is 4.81. The van der Waals surface area contributed by atoms with E-state index in [4.69, 9.17) is 0 Å². The van der Waals surface area contributed by atoms with Gasteiger partial charge in [-0.05, 0) is 48.6 Å². The molecule has 1 aliphatic heterocycles. The molecule has 4 rings (SSSR count). The van der Waals surface area contributed by atoms with E-state index in [0.29, 0.717) is 16.9 Å². The highest BCUT2D eigenvalue weighted by Crippen LogP contribution is 2.26. The molecule has 26 heavy (non-hydrogen) atoms. The van der Waals surface area contributed by atoms with Crippen LogP contribution in [0.5, 0.6) is 0 Å². The fourth-order valence-electron chi connectivity index (χ4n) is 2.89. The summed E-state index contributed by atoms with van der Waals surface area (Å²) in [6, 6.07) is 9.02. The van der Waals surface area contributed by atoms with Gasteiger partial charge in [0.2, 0.25) is 0 Å². The van der Waals surface area contributed by atoms with E-state index in [0.717, 1.165) is 36.5 Å². The number of likely N-dealkylation sites (tertiary alicyclic amines) is 1. The fourth-order valence-corrected chi connectivity index (χ4v) is 4.40. The monoisotopic (exact) mass is 383 g/mol. The van der Waals surface area contributed by atoms with Crippen molar-refractivity contribution in [2.45, 2.75) is 12.8 Å². The molecule has 0 saturated carbocycles. The third kappa shape index (κ3) is 3.54. The van der Waals surface area contributed by atoms with Crippen LogP contribution in [-0.4, -0.2) is 34.8 Å². The molecule has 132 valence electrons. The number of anilines is 1. The molecule has 3 heterocycles. The van der Waals surface area contributed by atoms with E-state index in [1.54, 1.807) is 41.0 Å². The van der Waals surface area contributed by atoms with Crippen LogP contribution in [0.3, 0.4) is 0 Å². The van der Waals surface area contributed by atoms with Gasteiger partial charge in [-0.25, -0.2) is 4.98 Å². The molecule has 0 bridgehead atoms. The standard InChI is InChI=1S/C19H17N3O2S2/c23-17(16-12-26-18(21-16)14-7-10-25-11-14)20-15-5-3-13(4-6-15)19(24)22-8-1-2-9-22/h3-7,10-12H,1-2,8-9H2,(H,20,23). The minimum atomic E-state index is -0.249. The van der Waals surface area contributed by atoms with Gasteiger partial charge in [0.05, 0.1) is 0 Å². The van der Waals surface area contributed by atoms with Crippen LogP contribution in [0.1, 0.15) is 33.7 Å². The minimum Gasteiger partial charge on any atom is -0.339 e. The molecule has 1 aromatic carbocycles. The Bertz CT molecular complexity index is 911. The smallest absolute Gasteiger partial charge is 0.275 e. The van der Waals surface area contributed by atoms with Crippen molar-refractivity contribution in [3.8, 4) is 10.6 Å². The second-order valence-corrected chi connectivity index (χ2v) is 7.72. The number of thiophene rings is 1. The summed E-state index contributed by atoms with van der Waals surface area (Å²) in [5.41, 5.74) is 2.73. The van der Waals surface area contributed by atoms with E-state index in [2.05, 4.69) is 10.3 Å². The average Bonchev–Trinajstić information content (AvgIpc) is 3.43. The van der Waals surface area contributed by atoms with Gasteiger partial charge in [0.15, 0.2) is 0 Å². The Morgan fingerprint density at radius 3 is 2.50 bits per heavy atom. The average molecular weight is 383 g/mol. The number of hydrogen-bond acceptors (Lipinski definition) is 5. The molecule has 1 N–H and O–H groups in total. The summed E-state index contributed by atoms with van der Waals surface area (Å²) in [6.45, 7) is 1.65. The van der Waals surface area contributed by atoms with Crippen molar-refractivity contribution in [1.29, 1.82) is 0 Å². The second-order valence-electron chi connectivity index (χ2n) is 6.08. The van der Waals surface area contributed by atoms with E-state index >= 15 is 0 Å². The molecule has 2 amide bonds. The van der Waals surface area contributed by atoms with Crippen molar-refractivity contribution >= 4 is 40.2 Å². The maximum absolute atomic E-state index is 12.4. The Balaban J connectivity index is 1.42. The van der Waals surface area contributed by atoms with Gasteiger partial charge in [0.25, 0.3) is 11.8 Å². The van der Waals surface area contributed by atoms with Crippen LogP contribution in [0, 0.1) is 0 Å². The minimum absolute atomic E-state index is 0.0558. The molecular formula is C19H17N3O2S2. The van der Waals surface area contributed by atoms with Crippen LogP contribution < -0.4 is 5.32 Å². The lowest BCUT2D eigenvalue weighted by Gasteiger charge is -2.15. The number of nitrogens with one attached hydrogen (secondary N) is 1. The molecule has 2 aromatic heterocycles. The van der Waals surface area contributed by atoms with Gasteiger partial charge in [-0.15, -0.1) is 11.3 Å². The molecule has 0 unspecified atom stereocenters. The molecular weight excluding hydrogens is 366 g/mol.